The van der Waals surface area contributed by atoms with Gasteiger partial charge >= 0.3 is 0 Å². The molecule has 0 N–H and O–H groups in total. The van der Waals surface area contributed by atoms with E-state index in [0.717, 1.165) is 25.7 Å². The third-order valence-corrected chi connectivity index (χ3v) is 7.44. The maximum Gasteiger partial charge on any atom is 0.246 e. The largest absolute Gasteiger partial charge is 0.339 e. The van der Waals surface area contributed by atoms with Crippen LogP contribution in [-0.4, -0.2) is 70.5 Å². The van der Waals surface area contributed by atoms with Gasteiger partial charge in [-0.25, -0.2) is 0 Å². The lowest BCUT2D eigenvalue weighted by Crippen LogP contribution is -2.57. The smallest absolute Gasteiger partial charge is 0.246 e. The summed E-state index contributed by atoms with van der Waals surface area (Å²) in [5.74, 6) is -0.600. The predicted octanol–water partition coefficient (Wildman–Crippen LogP) is 2.21. The average molecular weight is 430 g/mol. The van der Waals surface area contributed by atoms with Crippen LogP contribution >= 0.6 is 0 Å². The van der Waals surface area contributed by atoms with Gasteiger partial charge in [0.2, 0.25) is 23.6 Å². The Hall–Kier alpha value is -2.18. The summed E-state index contributed by atoms with van der Waals surface area (Å²) in [7, 11) is 0. The Morgan fingerprint density at radius 2 is 1.42 bits per heavy atom. The van der Waals surface area contributed by atoms with Crippen molar-refractivity contribution in [2.45, 2.75) is 64.8 Å². The zero-order chi connectivity index (χ0) is 22.1. The lowest BCUT2D eigenvalue weighted by molar-refractivity contribution is -0.153. The van der Waals surface area contributed by atoms with E-state index < -0.39 is 6.04 Å². The van der Waals surface area contributed by atoms with Gasteiger partial charge in [-0.15, -0.1) is 0 Å². The van der Waals surface area contributed by atoms with Gasteiger partial charge in [-0.2, -0.15) is 0 Å². The molecule has 1 saturated carbocycles. The predicted molar refractivity (Wildman–Crippen MR) is 116 cm³/mol. The van der Waals surface area contributed by atoms with Crippen LogP contribution in [-0.2, 0) is 19.2 Å². The van der Waals surface area contributed by atoms with E-state index in [2.05, 4.69) is 0 Å². The van der Waals surface area contributed by atoms with Crippen LogP contribution in [0.2, 0.25) is 0 Å². The first kappa shape index (κ1) is 22.0. The lowest BCUT2D eigenvalue weighted by atomic mass is 9.85. The second kappa shape index (κ2) is 9.13. The molecule has 170 valence electrons. The number of carbonyl (C=O) groups is 4. The molecule has 3 fully saturated rings. The zero-order valence-corrected chi connectivity index (χ0v) is 18.8. The molecule has 2 heterocycles. The quantitative estimate of drug-likeness (QED) is 0.496. The number of carbonyl (C=O) groups excluding carboxylic acids is 4. The lowest BCUT2D eigenvalue weighted by Gasteiger charge is -2.39. The molecule has 2 saturated heterocycles. The van der Waals surface area contributed by atoms with Crippen LogP contribution in [0, 0.1) is 23.7 Å². The van der Waals surface area contributed by atoms with E-state index >= 15 is 0 Å². The fourth-order valence-corrected chi connectivity index (χ4v) is 5.69. The summed E-state index contributed by atoms with van der Waals surface area (Å²) in [6, 6.07) is -0.734. The summed E-state index contributed by atoms with van der Waals surface area (Å²) in [5, 5.41) is 0. The number of hydrogen-bond donors (Lipinski definition) is 0. The van der Waals surface area contributed by atoms with Crippen LogP contribution in [0.15, 0.2) is 12.2 Å². The summed E-state index contributed by atoms with van der Waals surface area (Å²) in [5.41, 5.74) is 0. The van der Waals surface area contributed by atoms with E-state index in [-0.39, 0.29) is 47.3 Å². The number of imide groups is 1. The van der Waals surface area contributed by atoms with E-state index in [1.807, 2.05) is 30.9 Å². The zero-order valence-electron chi connectivity index (χ0n) is 18.8. The van der Waals surface area contributed by atoms with Crippen LogP contribution in [0.3, 0.4) is 0 Å². The molecule has 0 aromatic heterocycles. The van der Waals surface area contributed by atoms with Crippen molar-refractivity contribution in [3.8, 4) is 0 Å². The highest BCUT2D eigenvalue weighted by Gasteiger charge is 2.51. The molecular formula is C24H35N3O4. The molecule has 0 bridgehead atoms. The van der Waals surface area contributed by atoms with Crippen molar-refractivity contribution in [1.29, 1.82) is 0 Å². The normalized spacial score (nSPS) is 27.9. The van der Waals surface area contributed by atoms with Crippen molar-refractivity contribution in [3.05, 3.63) is 12.2 Å². The first-order valence-electron chi connectivity index (χ1n) is 12.0. The van der Waals surface area contributed by atoms with Gasteiger partial charge in [0.25, 0.3) is 0 Å². The summed E-state index contributed by atoms with van der Waals surface area (Å²) in [6.07, 6.45) is 9.78. The SMILES string of the molecule is CC(C)CC(C(=O)N1CCN(C(=O)C2CCCC2)CC1)N1C(=O)C2CC=CCC2C1=O. The molecule has 7 heteroatoms. The molecule has 0 aromatic rings. The van der Waals surface area contributed by atoms with Crippen LogP contribution in [0.25, 0.3) is 0 Å². The van der Waals surface area contributed by atoms with E-state index in [1.165, 1.54) is 4.90 Å². The molecule has 3 unspecified atom stereocenters. The average Bonchev–Trinajstić information content (AvgIpc) is 3.39. The topological polar surface area (TPSA) is 78.0 Å². The molecular weight excluding hydrogens is 394 g/mol. The Bertz CT molecular complexity index is 737. The summed E-state index contributed by atoms with van der Waals surface area (Å²) >= 11 is 0. The Morgan fingerprint density at radius 3 is 1.94 bits per heavy atom. The van der Waals surface area contributed by atoms with Crippen LogP contribution in [0.5, 0.6) is 0 Å². The number of fused-ring (bicyclic) bond motifs is 1. The van der Waals surface area contributed by atoms with Crippen molar-refractivity contribution in [2.75, 3.05) is 26.2 Å². The fraction of sp³-hybridized carbons (Fsp3) is 0.750. The number of allylic oxidation sites excluding steroid dienone is 2. The number of hydrogen-bond acceptors (Lipinski definition) is 4. The summed E-state index contributed by atoms with van der Waals surface area (Å²) in [6.45, 7) is 6.03. The van der Waals surface area contributed by atoms with Gasteiger partial charge in [-0.05, 0) is 38.0 Å². The molecule has 0 spiro atoms. The van der Waals surface area contributed by atoms with Crippen molar-refractivity contribution in [2.24, 2.45) is 23.7 Å². The van der Waals surface area contributed by atoms with Crippen LogP contribution in [0.4, 0.5) is 0 Å². The van der Waals surface area contributed by atoms with Crippen LogP contribution in [0.1, 0.15) is 58.8 Å². The highest BCUT2D eigenvalue weighted by Crippen LogP contribution is 2.37. The van der Waals surface area contributed by atoms with E-state index in [9.17, 15) is 19.2 Å². The molecule has 4 aliphatic rings. The maximum atomic E-state index is 13.5. The highest BCUT2D eigenvalue weighted by molar-refractivity contribution is 6.08. The number of amides is 4. The number of nitrogens with zero attached hydrogens (tertiary/aromatic N) is 3. The van der Waals surface area contributed by atoms with Gasteiger partial charge < -0.3 is 9.80 Å². The third-order valence-electron chi connectivity index (χ3n) is 7.44. The Morgan fingerprint density at radius 1 is 0.903 bits per heavy atom. The molecule has 3 atom stereocenters. The molecule has 4 amide bonds. The summed E-state index contributed by atoms with van der Waals surface area (Å²) in [4.78, 5) is 57.4. The number of likely N-dealkylation sites (tertiary alicyclic amines) is 1. The Kier molecular flexibility index (Phi) is 6.49. The van der Waals surface area contributed by atoms with Crippen LogP contribution < -0.4 is 0 Å². The minimum Gasteiger partial charge on any atom is -0.339 e. The monoisotopic (exact) mass is 429 g/mol. The standard InChI is InChI=1S/C24H35N3O4/c1-16(2)15-20(27-22(29)18-9-5-6-10-19(18)23(27)30)24(31)26-13-11-25(12-14-26)21(28)17-7-3-4-8-17/h5-6,16-20H,3-4,7-15H2,1-2H3. The maximum absolute atomic E-state index is 13.5. The van der Waals surface area contributed by atoms with Crippen molar-refractivity contribution < 1.29 is 19.2 Å². The molecule has 7 nitrogen and oxygen atoms in total. The Balaban J connectivity index is 1.44. The van der Waals surface area contributed by atoms with Gasteiger partial charge in [0, 0.05) is 32.1 Å². The van der Waals surface area contributed by atoms with E-state index in [4.69, 9.17) is 0 Å². The second-order valence-corrected chi connectivity index (χ2v) is 9.98. The minimum absolute atomic E-state index is 0.144. The van der Waals surface area contributed by atoms with Crippen molar-refractivity contribution in [1.82, 2.24) is 14.7 Å². The first-order valence-corrected chi connectivity index (χ1v) is 12.0. The Labute approximate surface area is 184 Å². The van der Waals surface area contributed by atoms with E-state index in [0.29, 0.717) is 45.4 Å². The van der Waals surface area contributed by atoms with Crippen molar-refractivity contribution >= 4 is 23.6 Å². The summed E-state index contributed by atoms with van der Waals surface area (Å²) < 4.78 is 0. The number of rotatable bonds is 5. The van der Waals surface area contributed by atoms with Gasteiger partial charge in [-0.1, -0.05) is 38.8 Å². The molecule has 2 aliphatic heterocycles. The third kappa shape index (κ3) is 4.28. The fourth-order valence-electron chi connectivity index (χ4n) is 5.69. The van der Waals surface area contributed by atoms with E-state index in [1.54, 1.807) is 4.90 Å². The molecule has 2 aliphatic carbocycles. The van der Waals surface area contributed by atoms with Crippen molar-refractivity contribution in [3.63, 3.8) is 0 Å². The second-order valence-electron chi connectivity index (χ2n) is 9.98. The number of piperazine rings is 1. The molecule has 4 rings (SSSR count). The molecule has 0 radical (unpaired) electrons. The molecule has 31 heavy (non-hydrogen) atoms. The van der Waals surface area contributed by atoms with Gasteiger partial charge in [0.15, 0.2) is 0 Å². The molecule has 0 aromatic carbocycles. The van der Waals surface area contributed by atoms with Gasteiger partial charge in [-0.3, -0.25) is 24.1 Å². The first-order chi connectivity index (χ1) is 14.9. The highest BCUT2D eigenvalue weighted by atomic mass is 16.2. The van der Waals surface area contributed by atoms with Gasteiger partial charge in [0.05, 0.1) is 11.8 Å². The minimum atomic E-state index is -0.734. The van der Waals surface area contributed by atoms with Gasteiger partial charge in [0.1, 0.15) is 6.04 Å².